The molecular formula is C16H30N2O2. The lowest BCUT2D eigenvalue weighted by Crippen LogP contribution is -2.42. The summed E-state index contributed by atoms with van der Waals surface area (Å²) in [4.78, 5) is 8.25. The number of hydrogen-bond donors (Lipinski definition) is 0. The van der Waals surface area contributed by atoms with Crippen LogP contribution in [0.15, 0.2) is 18.7 Å². The van der Waals surface area contributed by atoms with Gasteiger partial charge in [-0.1, -0.05) is 34.1 Å². The van der Waals surface area contributed by atoms with Crippen LogP contribution in [0, 0.1) is 5.41 Å². The van der Waals surface area contributed by atoms with Crippen molar-refractivity contribution in [3.63, 3.8) is 0 Å². The van der Waals surface area contributed by atoms with Crippen molar-refractivity contribution < 1.29 is 14.5 Å². The van der Waals surface area contributed by atoms with Gasteiger partial charge < -0.3 is 9.90 Å². The molecular weight excluding hydrogens is 252 g/mol. The van der Waals surface area contributed by atoms with Crippen molar-refractivity contribution in [2.75, 3.05) is 0 Å². The van der Waals surface area contributed by atoms with E-state index in [4.69, 9.17) is 9.90 Å². The van der Waals surface area contributed by atoms with Crippen molar-refractivity contribution in [3.8, 4) is 0 Å². The lowest BCUT2D eigenvalue weighted by Gasteiger charge is -2.38. The molecule has 0 spiro atoms. The summed E-state index contributed by atoms with van der Waals surface area (Å²) < 4.78 is 4.67. The van der Waals surface area contributed by atoms with Crippen LogP contribution in [-0.4, -0.2) is 11.0 Å². The van der Waals surface area contributed by atoms with Gasteiger partial charge in [-0.05, 0) is 26.7 Å². The van der Waals surface area contributed by atoms with Crippen LogP contribution in [0.25, 0.3) is 0 Å². The largest absolute Gasteiger partial charge is 0.554 e. The molecule has 0 aliphatic rings. The molecule has 1 aromatic rings. The van der Waals surface area contributed by atoms with Gasteiger partial charge in [-0.3, -0.25) is 0 Å². The number of aryl methyl sites for hydroxylation is 1. The maximum Gasteiger partial charge on any atom is 0.244 e. The molecule has 1 aromatic heterocycles. The molecule has 0 aromatic carbocycles. The number of carbonyl (C=O) groups excluding carboxylic acids is 1. The summed E-state index contributed by atoms with van der Waals surface area (Å²) in [5.41, 5.74) is 0.452. The van der Waals surface area contributed by atoms with Gasteiger partial charge in [0, 0.05) is 11.9 Å². The predicted octanol–water partition coefficient (Wildman–Crippen LogP) is 2.11. The van der Waals surface area contributed by atoms with Gasteiger partial charge in [-0.25, -0.2) is 9.13 Å². The first-order valence-electron chi connectivity index (χ1n) is 7.40. The van der Waals surface area contributed by atoms with Crippen LogP contribution in [0.3, 0.4) is 0 Å². The Labute approximate surface area is 123 Å². The highest BCUT2D eigenvalue weighted by Crippen LogP contribution is 2.39. The van der Waals surface area contributed by atoms with Crippen molar-refractivity contribution >= 4 is 6.47 Å². The molecule has 0 aliphatic carbocycles. The minimum Gasteiger partial charge on any atom is -0.554 e. The zero-order valence-electron chi connectivity index (χ0n) is 13.8. The Morgan fingerprint density at radius 2 is 1.80 bits per heavy atom. The van der Waals surface area contributed by atoms with Crippen LogP contribution < -0.4 is 9.67 Å². The zero-order valence-corrected chi connectivity index (χ0v) is 13.8. The van der Waals surface area contributed by atoms with E-state index in [0.717, 1.165) is 6.54 Å². The third-order valence-corrected chi connectivity index (χ3v) is 4.65. The van der Waals surface area contributed by atoms with E-state index in [9.17, 15) is 0 Å². The van der Waals surface area contributed by atoms with E-state index in [2.05, 4.69) is 69.4 Å². The highest BCUT2D eigenvalue weighted by molar-refractivity contribution is 5.29. The molecule has 20 heavy (non-hydrogen) atoms. The Hall–Kier alpha value is -1.32. The topological polar surface area (TPSA) is 48.9 Å². The number of imidazole rings is 1. The molecule has 0 bridgehead atoms. The van der Waals surface area contributed by atoms with Gasteiger partial charge in [-0.15, -0.1) is 0 Å². The SMILES string of the molecule is CCCC[n+]1ccn(C(C)(C)C(C)(C)CC)c1.O=C[O-]. The minimum atomic E-state index is -0.500. The lowest BCUT2D eigenvalue weighted by atomic mass is 9.72. The van der Waals surface area contributed by atoms with E-state index in [1.807, 2.05) is 0 Å². The first kappa shape index (κ1) is 18.7. The molecule has 4 heteroatoms. The van der Waals surface area contributed by atoms with Crippen molar-refractivity contribution in [3.05, 3.63) is 18.7 Å². The molecule has 0 saturated heterocycles. The van der Waals surface area contributed by atoms with Gasteiger partial charge in [-0.2, -0.15) is 0 Å². The second-order valence-corrected chi connectivity index (χ2v) is 6.30. The first-order chi connectivity index (χ1) is 9.26. The van der Waals surface area contributed by atoms with Crippen LogP contribution in [0.4, 0.5) is 0 Å². The fourth-order valence-corrected chi connectivity index (χ4v) is 1.98. The van der Waals surface area contributed by atoms with Crippen LogP contribution in [-0.2, 0) is 16.9 Å². The summed E-state index contributed by atoms with van der Waals surface area (Å²) in [6.45, 7) is 14.5. The molecule has 116 valence electrons. The van der Waals surface area contributed by atoms with E-state index in [0.29, 0.717) is 5.41 Å². The molecule has 1 rings (SSSR count). The molecule has 4 nitrogen and oxygen atoms in total. The maximum absolute atomic E-state index is 8.25. The summed E-state index contributed by atoms with van der Waals surface area (Å²) in [7, 11) is 0. The van der Waals surface area contributed by atoms with Gasteiger partial charge in [0.1, 0.15) is 17.9 Å². The van der Waals surface area contributed by atoms with E-state index in [1.54, 1.807) is 0 Å². The van der Waals surface area contributed by atoms with E-state index >= 15 is 0 Å². The van der Waals surface area contributed by atoms with Gasteiger partial charge in [0.2, 0.25) is 6.33 Å². The Morgan fingerprint density at radius 1 is 1.25 bits per heavy atom. The van der Waals surface area contributed by atoms with Crippen LogP contribution in [0.1, 0.15) is 60.8 Å². The van der Waals surface area contributed by atoms with Crippen LogP contribution >= 0.6 is 0 Å². The smallest absolute Gasteiger partial charge is 0.244 e. The number of carboxylic acid groups (broad SMARTS) is 1. The quantitative estimate of drug-likeness (QED) is 0.593. The average Bonchev–Trinajstić information content (AvgIpc) is 2.86. The third kappa shape index (κ3) is 4.66. The van der Waals surface area contributed by atoms with Gasteiger partial charge >= 0.3 is 0 Å². The van der Waals surface area contributed by atoms with Crippen molar-refractivity contribution in [1.82, 2.24) is 4.57 Å². The highest BCUT2D eigenvalue weighted by Gasteiger charge is 2.41. The predicted molar refractivity (Wildman–Crippen MR) is 79.0 cm³/mol. The standard InChI is InChI=1S/C15H29N2.CH2O2/c1-7-9-10-16-11-12-17(13-16)15(5,6)14(3,4)8-2;2-1-3/h11-13H,7-10H2,1-6H3;1H,(H,2,3)/q+1;/p-1. The number of aromatic nitrogens is 2. The molecule has 0 unspecified atom stereocenters. The van der Waals surface area contributed by atoms with Gasteiger partial charge in [0.15, 0.2) is 0 Å². The zero-order chi connectivity index (χ0) is 15.8. The van der Waals surface area contributed by atoms with Crippen LogP contribution in [0.2, 0.25) is 0 Å². The Kier molecular flexibility index (Phi) is 7.54. The van der Waals surface area contributed by atoms with E-state index in [1.165, 1.54) is 19.3 Å². The molecule has 0 N–H and O–H groups in total. The molecule has 0 radical (unpaired) electrons. The van der Waals surface area contributed by atoms with Crippen molar-refractivity contribution in [2.45, 2.75) is 72.9 Å². The summed E-state index contributed by atoms with van der Waals surface area (Å²) in [6.07, 6.45) is 10.4. The number of unbranched alkanes of at least 4 members (excludes halogenated alkanes) is 1. The summed E-state index contributed by atoms with van der Waals surface area (Å²) in [5, 5.41) is 8.25. The monoisotopic (exact) mass is 282 g/mol. The summed E-state index contributed by atoms with van der Waals surface area (Å²) >= 11 is 0. The molecule has 0 amide bonds. The first-order valence-corrected chi connectivity index (χ1v) is 7.40. The Balaban J connectivity index is 0.00000110. The molecule has 0 aliphatic heterocycles. The molecule has 0 saturated carbocycles. The second kappa shape index (κ2) is 8.08. The van der Waals surface area contributed by atoms with E-state index in [-0.39, 0.29) is 5.54 Å². The normalized spacial score (nSPS) is 11.7. The fraction of sp³-hybridized carbons (Fsp3) is 0.750. The molecule has 0 fully saturated rings. The average molecular weight is 282 g/mol. The second-order valence-electron chi connectivity index (χ2n) is 6.30. The van der Waals surface area contributed by atoms with Crippen LogP contribution in [0.5, 0.6) is 0 Å². The molecule has 0 atom stereocenters. The van der Waals surface area contributed by atoms with Gasteiger partial charge in [0.25, 0.3) is 0 Å². The van der Waals surface area contributed by atoms with E-state index < -0.39 is 6.47 Å². The number of hydrogen-bond acceptors (Lipinski definition) is 2. The maximum atomic E-state index is 8.25. The van der Waals surface area contributed by atoms with Gasteiger partial charge in [0.05, 0.1) is 6.54 Å². The fourth-order valence-electron chi connectivity index (χ4n) is 1.98. The third-order valence-electron chi connectivity index (χ3n) is 4.65. The van der Waals surface area contributed by atoms with Crippen molar-refractivity contribution in [1.29, 1.82) is 0 Å². The highest BCUT2D eigenvalue weighted by atomic mass is 16.3. The lowest BCUT2D eigenvalue weighted by molar-refractivity contribution is -0.697. The Morgan fingerprint density at radius 3 is 2.25 bits per heavy atom. The summed E-state index contributed by atoms with van der Waals surface area (Å²) in [6, 6.07) is 0. The number of nitrogens with zero attached hydrogens (tertiary/aromatic N) is 2. The molecule has 1 heterocycles. The van der Waals surface area contributed by atoms with Crippen molar-refractivity contribution in [2.24, 2.45) is 5.41 Å². The summed E-state index contributed by atoms with van der Waals surface area (Å²) in [5.74, 6) is 0. The minimum absolute atomic E-state index is 0.152. The number of carbonyl (C=O) groups is 1. The number of rotatable bonds is 6. The Bertz CT molecular complexity index is 395.